The Balaban J connectivity index is 1.91. The summed E-state index contributed by atoms with van der Waals surface area (Å²) in [5, 5.41) is 11.2. The Morgan fingerprint density at radius 3 is 2.60 bits per heavy atom. The number of pyridine rings is 1. The number of carbonyl (C=O) groups is 1. The van der Waals surface area contributed by atoms with E-state index in [2.05, 4.69) is 20.4 Å². The van der Waals surface area contributed by atoms with Gasteiger partial charge in [0.2, 0.25) is 15.9 Å². The lowest BCUT2D eigenvalue weighted by atomic mass is 10.2. The van der Waals surface area contributed by atoms with Gasteiger partial charge in [-0.25, -0.2) is 23.2 Å². The number of carbonyl (C=O) groups excluding carboxylic acids is 1. The smallest absolute Gasteiger partial charge is 0.326 e. The van der Waals surface area contributed by atoms with Crippen molar-refractivity contribution in [2.75, 3.05) is 5.32 Å². The molecule has 1 aromatic carbocycles. The second-order valence-corrected chi connectivity index (χ2v) is 7.87. The second kappa shape index (κ2) is 8.01. The molecule has 1 amide bonds. The highest BCUT2D eigenvalue weighted by molar-refractivity contribution is 7.89. The summed E-state index contributed by atoms with van der Waals surface area (Å²) < 4.78 is 62.7. The normalized spacial score (nSPS) is 12.0. The first-order chi connectivity index (χ1) is 13.9. The molecule has 0 atom stereocenters. The highest BCUT2D eigenvalue weighted by Crippen LogP contribution is 2.28. The van der Waals surface area contributed by atoms with Crippen molar-refractivity contribution >= 4 is 33.2 Å². The Morgan fingerprint density at radius 2 is 2.00 bits per heavy atom. The lowest BCUT2D eigenvalue weighted by Gasteiger charge is -2.11. The van der Waals surface area contributed by atoms with E-state index in [9.17, 15) is 26.4 Å². The van der Waals surface area contributed by atoms with Gasteiger partial charge in [-0.3, -0.25) is 9.78 Å². The first-order valence-electron chi connectivity index (χ1n) is 7.99. The summed E-state index contributed by atoms with van der Waals surface area (Å²) in [6.07, 6.45) is -1.40. The molecule has 0 bridgehead atoms. The van der Waals surface area contributed by atoms with E-state index in [4.69, 9.17) is 16.7 Å². The van der Waals surface area contributed by atoms with Crippen molar-refractivity contribution in [2.45, 2.75) is 17.5 Å². The van der Waals surface area contributed by atoms with Crippen molar-refractivity contribution in [1.29, 1.82) is 0 Å². The number of hydrogen-bond acceptors (Lipinski definition) is 6. The van der Waals surface area contributed by atoms with E-state index < -0.39 is 32.8 Å². The maximum Gasteiger partial charge on any atom is 0.453 e. The number of nitrogens with zero attached hydrogens (tertiary/aromatic N) is 4. The molecule has 0 fully saturated rings. The van der Waals surface area contributed by atoms with Gasteiger partial charge in [-0.2, -0.15) is 13.2 Å². The standard InChI is InChI=1S/C16H12ClF3N6O3S/c17-11-7-22-4-3-9(11)5-14(27)24-10-1-2-12(13(6-10)30(21,28)29)26-8-23-15(25-26)16(18,19)20/h1-4,6-8H,5H2,(H,24,27)(H2,21,28,29). The summed E-state index contributed by atoms with van der Waals surface area (Å²) in [6.45, 7) is 0. The van der Waals surface area contributed by atoms with E-state index >= 15 is 0 Å². The zero-order valence-corrected chi connectivity index (χ0v) is 16.3. The molecule has 3 N–H and O–H groups in total. The van der Waals surface area contributed by atoms with Gasteiger partial charge < -0.3 is 5.32 Å². The van der Waals surface area contributed by atoms with Crippen LogP contribution < -0.4 is 10.5 Å². The van der Waals surface area contributed by atoms with Crippen LogP contribution in [0.15, 0.2) is 47.9 Å². The molecule has 14 heteroatoms. The topological polar surface area (TPSA) is 133 Å². The fourth-order valence-corrected chi connectivity index (χ4v) is 3.37. The Morgan fingerprint density at radius 1 is 1.27 bits per heavy atom. The third-order valence-corrected chi connectivity index (χ3v) is 5.03. The molecule has 0 unspecified atom stereocenters. The average molecular weight is 461 g/mol. The lowest BCUT2D eigenvalue weighted by Crippen LogP contribution is -2.18. The van der Waals surface area contributed by atoms with Gasteiger partial charge >= 0.3 is 6.18 Å². The third-order valence-electron chi connectivity index (χ3n) is 3.75. The van der Waals surface area contributed by atoms with E-state index in [1.165, 1.54) is 18.5 Å². The highest BCUT2D eigenvalue weighted by Gasteiger charge is 2.36. The number of hydrogen-bond donors (Lipinski definition) is 2. The van der Waals surface area contributed by atoms with Crippen LogP contribution in [0.1, 0.15) is 11.4 Å². The average Bonchev–Trinajstić information content (AvgIpc) is 3.13. The molecule has 0 saturated heterocycles. The second-order valence-electron chi connectivity index (χ2n) is 5.93. The number of nitrogens with one attached hydrogen (secondary N) is 1. The maximum atomic E-state index is 12.7. The first kappa shape index (κ1) is 21.7. The Labute approximate surface area is 172 Å². The van der Waals surface area contributed by atoms with Crippen molar-refractivity contribution in [3.8, 4) is 5.69 Å². The molecule has 0 saturated carbocycles. The molecule has 0 spiro atoms. The predicted octanol–water partition coefficient (Wildman–Crippen LogP) is 2.16. The van der Waals surface area contributed by atoms with Crippen molar-refractivity contribution in [3.05, 3.63) is 59.4 Å². The third kappa shape index (κ3) is 4.93. The minimum atomic E-state index is -4.81. The van der Waals surface area contributed by atoms with E-state index in [0.29, 0.717) is 16.6 Å². The van der Waals surface area contributed by atoms with Crippen LogP contribution in [0.2, 0.25) is 5.02 Å². The Bertz CT molecular complexity index is 1210. The van der Waals surface area contributed by atoms with Crippen LogP contribution >= 0.6 is 11.6 Å². The van der Waals surface area contributed by atoms with Crippen LogP contribution in [-0.4, -0.2) is 34.1 Å². The molecular formula is C16H12ClF3N6O3S. The van der Waals surface area contributed by atoms with Gasteiger partial charge in [0.15, 0.2) is 0 Å². The van der Waals surface area contributed by atoms with E-state index in [1.54, 1.807) is 6.07 Å². The summed E-state index contributed by atoms with van der Waals surface area (Å²) in [5.74, 6) is -1.97. The number of primary sulfonamides is 1. The fourth-order valence-electron chi connectivity index (χ4n) is 2.44. The fraction of sp³-hybridized carbons (Fsp3) is 0.125. The largest absolute Gasteiger partial charge is 0.453 e. The SMILES string of the molecule is NS(=O)(=O)c1cc(NC(=O)Cc2ccncc2Cl)ccc1-n1cnc(C(F)(F)F)n1. The monoisotopic (exact) mass is 460 g/mol. The van der Waals surface area contributed by atoms with E-state index in [-0.39, 0.29) is 22.8 Å². The number of amides is 1. The molecule has 2 heterocycles. The quantitative estimate of drug-likeness (QED) is 0.599. The van der Waals surface area contributed by atoms with Crippen LogP contribution in [0.5, 0.6) is 0 Å². The molecule has 2 aromatic heterocycles. The molecular weight excluding hydrogens is 449 g/mol. The number of alkyl halides is 3. The summed E-state index contributed by atoms with van der Waals surface area (Å²) in [5.41, 5.74) is 0.277. The predicted molar refractivity (Wildman–Crippen MR) is 99.3 cm³/mol. The summed E-state index contributed by atoms with van der Waals surface area (Å²) in [7, 11) is -4.38. The van der Waals surface area contributed by atoms with Gasteiger partial charge in [0.1, 0.15) is 11.2 Å². The molecule has 30 heavy (non-hydrogen) atoms. The Hall–Kier alpha value is -3.03. The van der Waals surface area contributed by atoms with Crippen molar-refractivity contribution in [1.82, 2.24) is 19.7 Å². The highest BCUT2D eigenvalue weighted by atomic mass is 35.5. The van der Waals surface area contributed by atoms with Crippen LogP contribution in [0.25, 0.3) is 5.69 Å². The molecule has 158 valence electrons. The first-order valence-corrected chi connectivity index (χ1v) is 9.92. The van der Waals surface area contributed by atoms with Gasteiger partial charge in [0, 0.05) is 18.1 Å². The maximum absolute atomic E-state index is 12.7. The minimum Gasteiger partial charge on any atom is -0.326 e. The minimum absolute atomic E-state index is 0.0501. The number of halogens is 4. The Kier molecular flexibility index (Phi) is 5.78. The van der Waals surface area contributed by atoms with Gasteiger partial charge in [0.05, 0.1) is 17.1 Å². The van der Waals surface area contributed by atoms with Gasteiger partial charge in [-0.15, -0.1) is 5.10 Å². The number of rotatable bonds is 5. The molecule has 0 aliphatic heterocycles. The zero-order chi connectivity index (χ0) is 22.1. The van der Waals surface area contributed by atoms with Crippen LogP contribution in [0, 0.1) is 0 Å². The number of sulfonamides is 1. The summed E-state index contributed by atoms with van der Waals surface area (Å²) >= 11 is 5.94. The summed E-state index contributed by atoms with van der Waals surface area (Å²) in [4.78, 5) is 18.6. The van der Waals surface area contributed by atoms with E-state index in [0.717, 1.165) is 12.1 Å². The van der Waals surface area contributed by atoms with E-state index in [1.807, 2.05) is 0 Å². The van der Waals surface area contributed by atoms with Crippen LogP contribution in [0.3, 0.4) is 0 Å². The van der Waals surface area contributed by atoms with Crippen molar-refractivity contribution in [2.24, 2.45) is 5.14 Å². The number of benzene rings is 1. The number of aromatic nitrogens is 4. The number of nitrogens with two attached hydrogens (primary N) is 1. The van der Waals surface area contributed by atoms with Crippen LogP contribution in [0.4, 0.5) is 18.9 Å². The molecule has 3 aromatic rings. The van der Waals surface area contributed by atoms with Gasteiger partial charge in [-0.05, 0) is 29.8 Å². The van der Waals surface area contributed by atoms with Crippen molar-refractivity contribution in [3.63, 3.8) is 0 Å². The van der Waals surface area contributed by atoms with Crippen molar-refractivity contribution < 1.29 is 26.4 Å². The molecule has 0 radical (unpaired) electrons. The number of anilines is 1. The molecule has 0 aliphatic rings. The van der Waals surface area contributed by atoms with Crippen LogP contribution in [-0.2, 0) is 27.4 Å². The lowest BCUT2D eigenvalue weighted by molar-refractivity contribution is -0.144. The summed E-state index contributed by atoms with van der Waals surface area (Å²) in [6, 6.07) is 4.98. The molecule has 9 nitrogen and oxygen atoms in total. The van der Waals surface area contributed by atoms with Gasteiger partial charge in [-0.1, -0.05) is 11.6 Å². The molecule has 0 aliphatic carbocycles. The molecule has 3 rings (SSSR count). The van der Waals surface area contributed by atoms with Gasteiger partial charge in [0.25, 0.3) is 5.82 Å². The zero-order valence-electron chi connectivity index (χ0n) is 14.8.